The molecule has 2 nitrogen and oxygen atoms in total. The molecule has 0 saturated carbocycles. The number of carboxylic acid groups (broad SMARTS) is 1. The monoisotopic (exact) mass is 121 g/mol. The van der Waals surface area contributed by atoms with Gasteiger partial charge in [0.15, 0.2) is 5.57 Å². The molecular weight excluding hydrogens is 116 g/mol. The third kappa shape index (κ3) is 1.24. The Kier molecular flexibility index (Phi) is 1.43. The van der Waals surface area contributed by atoms with Gasteiger partial charge in [0.25, 0.3) is 0 Å². The van der Waals surface area contributed by atoms with Crippen LogP contribution in [-0.4, -0.2) is 11.1 Å². The molecular formula is C7H5O2+. The predicted octanol–water partition coefficient (Wildman–Crippen LogP) is 0.927. The van der Waals surface area contributed by atoms with Crippen molar-refractivity contribution in [3.63, 3.8) is 0 Å². The van der Waals surface area contributed by atoms with Crippen LogP contribution in [0.5, 0.6) is 0 Å². The lowest BCUT2D eigenvalue weighted by Crippen LogP contribution is -1.97. The fourth-order valence-corrected chi connectivity index (χ4v) is 0.529. The van der Waals surface area contributed by atoms with Gasteiger partial charge in [0, 0.05) is 6.08 Å². The minimum Gasteiger partial charge on any atom is -0.476 e. The molecule has 0 fully saturated rings. The van der Waals surface area contributed by atoms with Crippen LogP contribution in [-0.2, 0) is 4.79 Å². The summed E-state index contributed by atoms with van der Waals surface area (Å²) in [5, 5.41) is 8.37. The van der Waals surface area contributed by atoms with E-state index in [1.54, 1.807) is 12.2 Å². The van der Waals surface area contributed by atoms with Crippen LogP contribution >= 0.6 is 0 Å². The molecule has 1 aliphatic carbocycles. The van der Waals surface area contributed by atoms with Crippen LogP contribution < -0.4 is 0 Å². The van der Waals surface area contributed by atoms with Crippen molar-refractivity contribution in [2.75, 3.05) is 0 Å². The Morgan fingerprint density at radius 2 is 2.44 bits per heavy atom. The minimum atomic E-state index is -0.899. The van der Waals surface area contributed by atoms with Gasteiger partial charge in [-0.25, -0.2) is 4.79 Å². The summed E-state index contributed by atoms with van der Waals surface area (Å²) in [7, 11) is 0. The van der Waals surface area contributed by atoms with E-state index in [0.29, 0.717) is 5.57 Å². The number of hydrogen-bond acceptors (Lipinski definition) is 1. The van der Waals surface area contributed by atoms with E-state index in [4.69, 9.17) is 5.11 Å². The Balaban J connectivity index is 2.84. The van der Waals surface area contributed by atoms with Gasteiger partial charge in [0.05, 0.1) is 12.2 Å². The largest absolute Gasteiger partial charge is 0.476 e. The van der Waals surface area contributed by atoms with E-state index in [1.165, 1.54) is 12.2 Å². The summed E-state index contributed by atoms with van der Waals surface area (Å²) < 4.78 is 0. The lowest BCUT2D eigenvalue weighted by atomic mass is 10.2. The second-order valence-electron chi connectivity index (χ2n) is 1.59. The molecule has 0 saturated heterocycles. The van der Waals surface area contributed by atoms with Crippen molar-refractivity contribution in [1.29, 1.82) is 0 Å². The van der Waals surface area contributed by atoms with Gasteiger partial charge in [-0.3, -0.25) is 0 Å². The van der Waals surface area contributed by atoms with Gasteiger partial charge in [-0.15, -0.1) is 0 Å². The number of hydrogen-bond donors (Lipinski definition) is 1. The van der Waals surface area contributed by atoms with Gasteiger partial charge in [-0.05, 0) is 0 Å². The van der Waals surface area contributed by atoms with Gasteiger partial charge in [-0.2, -0.15) is 0 Å². The number of allylic oxidation sites excluding steroid dienone is 4. The Morgan fingerprint density at radius 1 is 1.67 bits per heavy atom. The minimum absolute atomic E-state index is 0.300. The van der Waals surface area contributed by atoms with Crippen LogP contribution in [0.3, 0.4) is 0 Å². The Morgan fingerprint density at radius 3 is 2.78 bits per heavy atom. The molecule has 0 aliphatic heterocycles. The summed E-state index contributed by atoms with van der Waals surface area (Å²) in [5.41, 5.74) is 0.300. The Hall–Kier alpha value is -1.40. The third-order valence-electron chi connectivity index (χ3n) is 0.965. The highest BCUT2D eigenvalue weighted by Gasteiger charge is 2.09. The molecule has 0 amide bonds. The number of aliphatic carboxylic acids is 1. The molecule has 0 bridgehead atoms. The first kappa shape index (κ1) is 5.73. The average molecular weight is 121 g/mol. The summed E-state index contributed by atoms with van der Waals surface area (Å²) in [5.74, 6) is -0.899. The molecule has 1 rings (SSSR count). The first-order valence-electron chi connectivity index (χ1n) is 2.50. The molecule has 0 spiro atoms. The van der Waals surface area contributed by atoms with E-state index in [1.807, 2.05) is 0 Å². The van der Waals surface area contributed by atoms with E-state index in [-0.39, 0.29) is 0 Å². The zero-order valence-corrected chi connectivity index (χ0v) is 4.66. The van der Waals surface area contributed by atoms with Gasteiger partial charge in [0.1, 0.15) is 12.2 Å². The molecule has 0 heterocycles. The second kappa shape index (κ2) is 2.25. The maximum absolute atomic E-state index is 10.2. The molecule has 2 heteroatoms. The molecule has 0 aromatic rings. The van der Waals surface area contributed by atoms with Gasteiger partial charge < -0.3 is 5.11 Å². The quantitative estimate of drug-likeness (QED) is 0.524. The van der Waals surface area contributed by atoms with Crippen molar-refractivity contribution in [2.24, 2.45) is 0 Å². The maximum atomic E-state index is 10.2. The van der Waals surface area contributed by atoms with E-state index < -0.39 is 5.97 Å². The van der Waals surface area contributed by atoms with Crippen LogP contribution in [0.1, 0.15) is 0 Å². The summed E-state index contributed by atoms with van der Waals surface area (Å²) >= 11 is 0. The zero-order valence-electron chi connectivity index (χ0n) is 4.66. The number of carbonyl (C=O) groups is 1. The van der Waals surface area contributed by atoms with Crippen molar-refractivity contribution in [3.05, 3.63) is 36.0 Å². The van der Waals surface area contributed by atoms with Gasteiger partial charge in [-0.1, -0.05) is 0 Å². The van der Waals surface area contributed by atoms with Crippen molar-refractivity contribution >= 4 is 5.97 Å². The molecule has 44 valence electrons. The summed E-state index contributed by atoms with van der Waals surface area (Å²) in [6, 6.07) is 0. The first-order chi connectivity index (χ1) is 4.30. The molecule has 0 unspecified atom stereocenters. The molecule has 0 atom stereocenters. The molecule has 0 aromatic heterocycles. The summed E-state index contributed by atoms with van der Waals surface area (Å²) in [6.45, 7) is 0. The van der Waals surface area contributed by atoms with Crippen LogP contribution in [0.2, 0.25) is 0 Å². The molecule has 9 heavy (non-hydrogen) atoms. The van der Waals surface area contributed by atoms with Gasteiger partial charge in [0.2, 0.25) is 0 Å². The summed E-state index contributed by atoms with van der Waals surface area (Å²) in [4.78, 5) is 10.2. The Bertz CT molecular complexity index is 209. The lowest BCUT2D eigenvalue weighted by Gasteiger charge is -1.84. The standard InChI is InChI=1S/C7H4O2/c8-7(9)6-4-2-1-3-5-6/h2-5H/p+1. The van der Waals surface area contributed by atoms with Crippen LogP contribution in [0, 0.1) is 6.08 Å². The van der Waals surface area contributed by atoms with E-state index in [2.05, 4.69) is 6.08 Å². The van der Waals surface area contributed by atoms with E-state index in [0.717, 1.165) is 0 Å². The molecule has 1 N–H and O–H groups in total. The second-order valence-corrected chi connectivity index (χ2v) is 1.59. The van der Waals surface area contributed by atoms with Crippen molar-refractivity contribution in [3.8, 4) is 0 Å². The fourth-order valence-electron chi connectivity index (χ4n) is 0.529. The van der Waals surface area contributed by atoms with Crippen LogP contribution in [0.15, 0.2) is 29.9 Å². The topological polar surface area (TPSA) is 37.3 Å². The van der Waals surface area contributed by atoms with Crippen LogP contribution in [0.4, 0.5) is 0 Å². The van der Waals surface area contributed by atoms with Crippen molar-refractivity contribution < 1.29 is 9.90 Å². The lowest BCUT2D eigenvalue weighted by molar-refractivity contribution is -0.132. The van der Waals surface area contributed by atoms with Gasteiger partial charge >= 0.3 is 5.97 Å². The fraction of sp³-hybridized carbons (Fsp3) is 0. The summed E-state index contributed by atoms with van der Waals surface area (Å²) in [6.07, 6.45) is 8.87. The zero-order chi connectivity index (χ0) is 6.69. The number of rotatable bonds is 1. The van der Waals surface area contributed by atoms with E-state index in [9.17, 15) is 4.79 Å². The van der Waals surface area contributed by atoms with Crippen LogP contribution in [0.25, 0.3) is 0 Å². The molecule has 1 aliphatic rings. The SMILES string of the molecule is O=C(O)C1=CC=[C+]C=C1. The van der Waals surface area contributed by atoms with Crippen molar-refractivity contribution in [1.82, 2.24) is 0 Å². The highest BCUT2D eigenvalue weighted by Crippen LogP contribution is 2.01. The predicted molar refractivity (Wildman–Crippen MR) is 32.7 cm³/mol. The van der Waals surface area contributed by atoms with Crippen molar-refractivity contribution in [2.45, 2.75) is 0 Å². The average Bonchev–Trinajstić information content (AvgIpc) is 1.90. The highest BCUT2D eigenvalue weighted by atomic mass is 16.4. The maximum Gasteiger partial charge on any atom is 0.363 e. The smallest absolute Gasteiger partial charge is 0.363 e. The van der Waals surface area contributed by atoms with E-state index >= 15 is 0 Å². The Labute approximate surface area is 52.8 Å². The molecule has 0 radical (unpaired) electrons. The first-order valence-corrected chi connectivity index (χ1v) is 2.50. The highest BCUT2D eigenvalue weighted by molar-refractivity contribution is 5.90. The third-order valence-corrected chi connectivity index (χ3v) is 0.965. The normalized spacial score (nSPS) is 14.4. The number of carboxylic acids is 1. The molecule has 0 aromatic carbocycles.